The summed E-state index contributed by atoms with van der Waals surface area (Å²) >= 11 is 0. The molecule has 0 N–H and O–H groups in total. The predicted octanol–water partition coefficient (Wildman–Crippen LogP) is 0.974. The zero-order valence-electron chi connectivity index (χ0n) is 12.4. The van der Waals surface area contributed by atoms with Gasteiger partial charge in [-0.25, -0.2) is 0 Å². The highest BCUT2D eigenvalue weighted by Crippen LogP contribution is 2.25. The van der Waals surface area contributed by atoms with Crippen molar-refractivity contribution in [3.8, 4) is 0 Å². The molecule has 6 nitrogen and oxygen atoms in total. The summed E-state index contributed by atoms with van der Waals surface area (Å²) in [6.07, 6.45) is 5.95. The molecule has 0 aliphatic heterocycles. The molecular formula is C15H19N5O. The second-order valence-electron chi connectivity index (χ2n) is 5.60. The van der Waals surface area contributed by atoms with Gasteiger partial charge in [0.15, 0.2) is 0 Å². The molecule has 1 amide bonds. The van der Waals surface area contributed by atoms with Crippen LogP contribution in [0.5, 0.6) is 0 Å². The van der Waals surface area contributed by atoms with Crippen molar-refractivity contribution in [3.63, 3.8) is 0 Å². The fourth-order valence-electron chi connectivity index (χ4n) is 2.88. The van der Waals surface area contributed by atoms with Crippen LogP contribution in [-0.2, 0) is 31.2 Å². The van der Waals surface area contributed by atoms with Gasteiger partial charge in [-0.15, -0.1) is 5.10 Å². The standard InChI is InChI=1S/C15H19N5O/c1-19(10-11-4-3-7-16-9-11)15(21)12-5-6-13-14(8-12)20(2)18-17-13/h3-4,7,9,12H,5-6,8,10H2,1-2H3. The fraction of sp³-hybridized carbons (Fsp3) is 0.467. The molecule has 0 fully saturated rings. The quantitative estimate of drug-likeness (QED) is 0.843. The Morgan fingerprint density at radius 2 is 2.38 bits per heavy atom. The molecule has 2 aromatic rings. The van der Waals surface area contributed by atoms with Crippen molar-refractivity contribution < 1.29 is 4.79 Å². The van der Waals surface area contributed by atoms with E-state index in [4.69, 9.17) is 0 Å². The maximum Gasteiger partial charge on any atom is 0.226 e. The van der Waals surface area contributed by atoms with Crippen LogP contribution in [0.2, 0.25) is 0 Å². The molecule has 3 rings (SSSR count). The number of carbonyl (C=O) groups is 1. The summed E-state index contributed by atoms with van der Waals surface area (Å²) in [7, 11) is 3.74. The normalized spacial score (nSPS) is 17.3. The zero-order chi connectivity index (χ0) is 14.8. The van der Waals surface area contributed by atoms with Crippen LogP contribution in [0.25, 0.3) is 0 Å². The molecule has 0 radical (unpaired) electrons. The summed E-state index contributed by atoms with van der Waals surface area (Å²) in [5.41, 5.74) is 3.18. The third-order valence-corrected chi connectivity index (χ3v) is 4.06. The van der Waals surface area contributed by atoms with Crippen molar-refractivity contribution in [3.05, 3.63) is 41.5 Å². The van der Waals surface area contributed by atoms with E-state index < -0.39 is 0 Å². The monoisotopic (exact) mass is 285 g/mol. The molecule has 1 unspecified atom stereocenters. The molecule has 6 heteroatoms. The average molecular weight is 285 g/mol. The fourth-order valence-corrected chi connectivity index (χ4v) is 2.88. The molecule has 1 atom stereocenters. The van der Waals surface area contributed by atoms with Gasteiger partial charge in [-0.1, -0.05) is 11.3 Å². The van der Waals surface area contributed by atoms with Gasteiger partial charge in [0.05, 0.1) is 11.4 Å². The maximum atomic E-state index is 12.6. The Balaban J connectivity index is 1.67. The molecular weight excluding hydrogens is 266 g/mol. The van der Waals surface area contributed by atoms with E-state index in [2.05, 4.69) is 15.3 Å². The highest BCUT2D eigenvalue weighted by atomic mass is 16.2. The molecule has 2 aromatic heterocycles. The minimum Gasteiger partial charge on any atom is -0.341 e. The summed E-state index contributed by atoms with van der Waals surface area (Å²) in [5, 5.41) is 8.18. The highest BCUT2D eigenvalue weighted by Gasteiger charge is 2.29. The summed E-state index contributed by atoms with van der Waals surface area (Å²) < 4.78 is 1.79. The average Bonchev–Trinajstić information content (AvgIpc) is 2.88. The number of aromatic nitrogens is 4. The summed E-state index contributed by atoms with van der Waals surface area (Å²) in [6, 6.07) is 3.88. The zero-order valence-corrected chi connectivity index (χ0v) is 12.4. The van der Waals surface area contributed by atoms with Crippen LogP contribution in [0.15, 0.2) is 24.5 Å². The number of hydrogen-bond acceptors (Lipinski definition) is 4. The van der Waals surface area contributed by atoms with Crippen LogP contribution >= 0.6 is 0 Å². The van der Waals surface area contributed by atoms with E-state index in [1.54, 1.807) is 22.0 Å². The van der Waals surface area contributed by atoms with Crippen LogP contribution in [0.1, 0.15) is 23.4 Å². The van der Waals surface area contributed by atoms with E-state index in [0.717, 1.165) is 36.2 Å². The van der Waals surface area contributed by atoms with E-state index >= 15 is 0 Å². The van der Waals surface area contributed by atoms with Gasteiger partial charge in [0, 0.05) is 45.4 Å². The number of hydrogen-bond donors (Lipinski definition) is 0. The molecule has 0 saturated carbocycles. The van der Waals surface area contributed by atoms with Crippen LogP contribution in [0.3, 0.4) is 0 Å². The Hall–Kier alpha value is -2.24. The van der Waals surface area contributed by atoms with Crippen molar-refractivity contribution in [2.24, 2.45) is 13.0 Å². The molecule has 2 heterocycles. The second-order valence-corrected chi connectivity index (χ2v) is 5.60. The third-order valence-electron chi connectivity index (χ3n) is 4.06. The molecule has 0 aromatic carbocycles. The molecule has 1 aliphatic carbocycles. The number of pyridine rings is 1. The molecule has 0 spiro atoms. The number of nitrogens with zero attached hydrogens (tertiary/aromatic N) is 5. The van der Waals surface area contributed by atoms with Gasteiger partial charge >= 0.3 is 0 Å². The number of fused-ring (bicyclic) bond motifs is 1. The van der Waals surface area contributed by atoms with E-state index in [0.29, 0.717) is 6.54 Å². The van der Waals surface area contributed by atoms with Gasteiger partial charge in [0.25, 0.3) is 0 Å². The van der Waals surface area contributed by atoms with Crippen LogP contribution in [0.4, 0.5) is 0 Å². The Morgan fingerprint density at radius 1 is 1.52 bits per heavy atom. The van der Waals surface area contributed by atoms with Crippen LogP contribution < -0.4 is 0 Å². The lowest BCUT2D eigenvalue weighted by Crippen LogP contribution is -2.35. The topological polar surface area (TPSA) is 63.9 Å². The van der Waals surface area contributed by atoms with Gasteiger partial charge in [-0.3, -0.25) is 14.5 Å². The maximum absolute atomic E-state index is 12.6. The summed E-state index contributed by atoms with van der Waals surface area (Å²) in [5.74, 6) is 0.210. The predicted molar refractivity (Wildman–Crippen MR) is 77.2 cm³/mol. The lowest BCUT2D eigenvalue weighted by Gasteiger charge is -2.26. The van der Waals surface area contributed by atoms with Crippen LogP contribution in [-0.4, -0.2) is 37.8 Å². The number of aryl methyl sites for hydroxylation is 2. The lowest BCUT2D eigenvalue weighted by molar-refractivity contribution is -0.135. The van der Waals surface area contributed by atoms with Crippen molar-refractivity contribution in [1.29, 1.82) is 0 Å². The number of carbonyl (C=O) groups excluding carboxylic acids is 1. The van der Waals surface area contributed by atoms with Crippen molar-refractivity contribution >= 4 is 5.91 Å². The second kappa shape index (κ2) is 5.63. The third kappa shape index (κ3) is 2.79. The van der Waals surface area contributed by atoms with Crippen molar-refractivity contribution in [2.75, 3.05) is 7.05 Å². The van der Waals surface area contributed by atoms with Gasteiger partial charge in [-0.05, 0) is 24.5 Å². The van der Waals surface area contributed by atoms with E-state index in [-0.39, 0.29) is 11.8 Å². The first-order valence-electron chi connectivity index (χ1n) is 7.16. The Labute approximate surface area is 123 Å². The minimum atomic E-state index is 0.0244. The number of amides is 1. The number of rotatable bonds is 3. The largest absolute Gasteiger partial charge is 0.341 e. The first kappa shape index (κ1) is 13.7. The summed E-state index contributed by atoms with van der Waals surface area (Å²) in [6.45, 7) is 0.597. The highest BCUT2D eigenvalue weighted by molar-refractivity contribution is 5.79. The van der Waals surface area contributed by atoms with Crippen molar-refractivity contribution in [2.45, 2.75) is 25.8 Å². The van der Waals surface area contributed by atoms with Gasteiger partial charge in [0.1, 0.15) is 0 Å². The molecule has 21 heavy (non-hydrogen) atoms. The first-order valence-corrected chi connectivity index (χ1v) is 7.16. The Bertz CT molecular complexity index is 637. The van der Waals surface area contributed by atoms with Gasteiger partial charge < -0.3 is 4.90 Å². The van der Waals surface area contributed by atoms with Gasteiger partial charge in [-0.2, -0.15) is 0 Å². The van der Waals surface area contributed by atoms with E-state index in [9.17, 15) is 4.79 Å². The van der Waals surface area contributed by atoms with Gasteiger partial charge in [0.2, 0.25) is 5.91 Å². The Morgan fingerprint density at radius 3 is 3.14 bits per heavy atom. The molecule has 1 aliphatic rings. The SMILES string of the molecule is CN(Cc1cccnc1)C(=O)C1CCc2nnn(C)c2C1. The molecule has 0 bridgehead atoms. The minimum absolute atomic E-state index is 0.0244. The van der Waals surface area contributed by atoms with Crippen LogP contribution in [0, 0.1) is 5.92 Å². The lowest BCUT2D eigenvalue weighted by atomic mass is 9.88. The summed E-state index contributed by atoms with van der Waals surface area (Å²) in [4.78, 5) is 18.5. The van der Waals surface area contributed by atoms with E-state index in [1.165, 1.54) is 0 Å². The van der Waals surface area contributed by atoms with E-state index in [1.807, 2.05) is 26.2 Å². The first-order chi connectivity index (χ1) is 10.1. The Kier molecular flexibility index (Phi) is 3.68. The molecule has 110 valence electrons. The molecule has 0 saturated heterocycles. The smallest absolute Gasteiger partial charge is 0.226 e. The van der Waals surface area contributed by atoms with Crippen molar-refractivity contribution in [1.82, 2.24) is 24.9 Å².